The lowest BCUT2D eigenvalue weighted by atomic mass is 9.60. The van der Waals surface area contributed by atoms with Gasteiger partial charge in [0.05, 0.1) is 18.3 Å². The van der Waals surface area contributed by atoms with E-state index in [-0.39, 0.29) is 11.5 Å². The van der Waals surface area contributed by atoms with Crippen LogP contribution in [-0.2, 0) is 4.74 Å². The quantitative estimate of drug-likeness (QED) is 0.814. The summed E-state index contributed by atoms with van der Waals surface area (Å²) in [6.07, 6.45) is 8.67. The Hall–Kier alpha value is -0.0800. The number of aliphatic hydroxyl groups excluding tert-OH is 1. The van der Waals surface area contributed by atoms with Crippen LogP contribution in [-0.4, -0.2) is 23.4 Å². The van der Waals surface area contributed by atoms with Crippen LogP contribution in [0.2, 0.25) is 0 Å². The molecular weight excluding hydrogens is 212 g/mol. The number of hydrogen-bond acceptors (Lipinski definition) is 2. The first-order chi connectivity index (χ1) is 8.12. The molecule has 4 unspecified atom stereocenters. The van der Waals surface area contributed by atoms with Crippen molar-refractivity contribution in [2.75, 3.05) is 0 Å². The van der Waals surface area contributed by atoms with Crippen LogP contribution >= 0.6 is 0 Å². The molecule has 0 heterocycles. The Morgan fingerprint density at radius 1 is 1.18 bits per heavy atom. The van der Waals surface area contributed by atoms with E-state index in [1.165, 1.54) is 25.7 Å². The fourth-order valence-corrected chi connectivity index (χ4v) is 3.83. The molecule has 0 aromatic carbocycles. The van der Waals surface area contributed by atoms with Crippen LogP contribution in [0, 0.1) is 11.3 Å². The van der Waals surface area contributed by atoms with Crippen LogP contribution in [0.15, 0.2) is 0 Å². The standard InChI is InChI=1S/C15H28O2/c1-4-15(5-2)13(16)10-14(15)17-12-8-6-7-11(3)9-12/h11-14,16H,4-10H2,1-3H3. The molecule has 0 radical (unpaired) electrons. The predicted octanol–water partition coefficient (Wildman–Crippen LogP) is 3.52. The molecule has 2 saturated carbocycles. The van der Waals surface area contributed by atoms with Crippen molar-refractivity contribution < 1.29 is 9.84 Å². The third kappa shape index (κ3) is 2.39. The van der Waals surface area contributed by atoms with Crippen LogP contribution in [0.5, 0.6) is 0 Å². The number of aliphatic hydroxyl groups is 1. The number of ether oxygens (including phenoxy) is 1. The summed E-state index contributed by atoms with van der Waals surface area (Å²) in [5.41, 5.74) is 0.0562. The monoisotopic (exact) mass is 240 g/mol. The van der Waals surface area contributed by atoms with E-state index in [4.69, 9.17) is 4.74 Å². The molecule has 0 spiro atoms. The van der Waals surface area contributed by atoms with Crippen LogP contribution in [0.25, 0.3) is 0 Å². The largest absolute Gasteiger partial charge is 0.392 e. The van der Waals surface area contributed by atoms with E-state index in [9.17, 15) is 5.11 Å². The maximum atomic E-state index is 10.0. The van der Waals surface area contributed by atoms with Gasteiger partial charge in [-0.2, -0.15) is 0 Å². The summed E-state index contributed by atoms with van der Waals surface area (Å²) < 4.78 is 6.31. The predicted molar refractivity (Wildman–Crippen MR) is 69.9 cm³/mol. The Kier molecular flexibility index (Phi) is 4.14. The summed E-state index contributed by atoms with van der Waals surface area (Å²) in [7, 11) is 0. The average molecular weight is 240 g/mol. The molecule has 2 aliphatic carbocycles. The summed E-state index contributed by atoms with van der Waals surface area (Å²) in [5, 5.41) is 10.0. The van der Waals surface area contributed by atoms with Crippen molar-refractivity contribution in [3.05, 3.63) is 0 Å². The minimum atomic E-state index is -0.136. The van der Waals surface area contributed by atoms with Gasteiger partial charge in [0.25, 0.3) is 0 Å². The lowest BCUT2D eigenvalue weighted by molar-refractivity contribution is -0.218. The van der Waals surface area contributed by atoms with Crippen molar-refractivity contribution >= 4 is 0 Å². The first-order valence-corrected chi connectivity index (χ1v) is 7.46. The zero-order chi connectivity index (χ0) is 12.5. The van der Waals surface area contributed by atoms with Crippen molar-refractivity contribution in [1.29, 1.82) is 0 Å². The minimum absolute atomic E-state index is 0.0562. The molecule has 0 aromatic heterocycles. The van der Waals surface area contributed by atoms with E-state index >= 15 is 0 Å². The molecular formula is C15H28O2. The third-order valence-electron chi connectivity index (χ3n) is 5.30. The van der Waals surface area contributed by atoms with E-state index in [0.717, 1.165) is 25.2 Å². The van der Waals surface area contributed by atoms with Crippen LogP contribution in [0.3, 0.4) is 0 Å². The molecule has 0 aromatic rings. The second-order valence-electron chi connectivity index (χ2n) is 6.21. The summed E-state index contributed by atoms with van der Waals surface area (Å²) in [4.78, 5) is 0. The van der Waals surface area contributed by atoms with Crippen molar-refractivity contribution in [3.63, 3.8) is 0 Å². The first-order valence-electron chi connectivity index (χ1n) is 7.46. The average Bonchev–Trinajstić information content (AvgIpc) is 2.30. The van der Waals surface area contributed by atoms with Crippen molar-refractivity contribution in [1.82, 2.24) is 0 Å². The molecule has 2 heteroatoms. The molecule has 2 rings (SSSR count). The Morgan fingerprint density at radius 3 is 2.41 bits per heavy atom. The summed E-state index contributed by atoms with van der Waals surface area (Å²) in [6.45, 7) is 6.70. The molecule has 100 valence electrons. The molecule has 2 fully saturated rings. The Balaban J connectivity index is 1.91. The molecule has 2 aliphatic rings. The highest BCUT2D eigenvalue weighted by Gasteiger charge is 2.53. The van der Waals surface area contributed by atoms with Gasteiger partial charge in [-0.15, -0.1) is 0 Å². The van der Waals surface area contributed by atoms with Crippen LogP contribution in [0.4, 0.5) is 0 Å². The van der Waals surface area contributed by atoms with Gasteiger partial charge in [-0.05, 0) is 31.6 Å². The van der Waals surface area contributed by atoms with Crippen molar-refractivity contribution in [2.45, 2.75) is 84.0 Å². The van der Waals surface area contributed by atoms with Gasteiger partial charge in [-0.1, -0.05) is 33.6 Å². The van der Waals surface area contributed by atoms with Gasteiger partial charge >= 0.3 is 0 Å². The maximum Gasteiger partial charge on any atom is 0.0684 e. The second-order valence-corrected chi connectivity index (χ2v) is 6.21. The summed E-state index contributed by atoms with van der Waals surface area (Å²) in [6, 6.07) is 0. The van der Waals surface area contributed by atoms with Crippen LogP contribution in [0.1, 0.15) is 65.7 Å². The van der Waals surface area contributed by atoms with Gasteiger partial charge < -0.3 is 9.84 Å². The van der Waals surface area contributed by atoms with Gasteiger partial charge in [0.1, 0.15) is 0 Å². The number of hydrogen-bond donors (Lipinski definition) is 1. The van der Waals surface area contributed by atoms with Gasteiger partial charge in [0.2, 0.25) is 0 Å². The lowest BCUT2D eigenvalue weighted by Gasteiger charge is -2.54. The zero-order valence-electron chi connectivity index (χ0n) is 11.6. The molecule has 0 amide bonds. The Morgan fingerprint density at radius 2 is 1.88 bits per heavy atom. The molecule has 4 atom stereocenters. The number of rotatable bonds is 4. The van der Waals surface area contributed by atoms with Crippen molar-refractivity contribution in [3.8, 4) is 0 Å². The summed E-state index contributed by atoms with van der Waals surface area (Å²) in [5.74, 6) is 0.816. The lowest BCUT2D eigenvalue weighted by Crippen LogP contribution is -2.58. The fraction of sp³-hybridized carbons (Fsp3) is 1.00. The van der Waals surface area contributed by atoms with Gasteiger partial charge in [-0.25, -0.2) is 0 Å². The first kappa shape index (κ1) is 13.4. The van der Waals surface area contributed by atoms with Crippen LogP contribution < -0.4 is 0 Å². The highest BCUT2D eigenvalue weighted by atomic mass is 16.5. The zero-order valence-corrected chi connectivity index (χ0v) is 11.6. The third-order valence-corrected chi connectivity index (χ3v) is 5.30. The van der Waals surface area contributed by atoms with Gasteiger partial charge in [0, 0.05) is 11.8 Å². The van der Waals surface area contributed by atoms with E-state index in [1.807, 2.05) is 0 Å². The highest BCUT2D eigenvalue weighted by Crippen LogP contribution is 2.49. The topological polar surface area (TPSA) is 29.5 Å². The van der Waals surface area contributed by atoms with E-state index in [1.54, 1.807) is 0 Å². The van der Waals surface area contributed by atoms with Gasteiger partial charge in [-0.3, -0.25) is 0 Å². The normalized spacial score (nSPS) is 40.9. The maximum absolute atomic E-state index is 10.0. The molecule has 0 aliphatic heterocycles. The Bertz CT molecular complexity index is 247. The van der Waals surface area contributed by atoms with Crippen molar-refractivity contribution in [2.24, 2.45) is 11.3 Å². The Labute approximate surface area is 106 Å². The molecule has 2 nitrogen and oxygen atoms in total. The minimum Gasteiger partial charge on any atom is -0.392 e. The van der Waals surface area contributed by atoms with E-state index < -0.39 is 0 Å². The van der Waals surface area contributed by atoms with E-state index in [0.29, 0.717) is 12.2 Å². The second kappa shape index (κ2) is 5.27. The summed E-state index contributed by atoms with van der Waals surface area (Å²) >= 11 is 0. The smallest absolute Gasteiger partial charge is 0.0684 e. The SMILES string of the molecule is CCC1(CC)C(O)CC1OC1CCCC(C)C1. The highest BCUT2D eigenvalue weighted by molar-refractivity contribution is 5.03. The molecule has 1 N–H and O–H groups in total. The molecule has 0 saturated heterocycles. The fourth-order valence-electron chi connectivity index (χ4n) is 3.83. The van der Waals surface area contributed by atoms with Gasteiger partial charge in [0.15, 0.2) is 0 Å². The molecule has 0 bridgehead atoms. The molecule has 17 heavy (non-hydrogen) atoms. The van der Waals surface area contributed by atoms with E-state index in [2.05, 4.69) is 20.8 Å².